The van der Waals surface area contributed by atoms with Crippen LogP contribution >= 0.6 is 27.7 Å². The molecule has 1 heterocycles. The average Bonchev–Trinajstić information content (AvgIpc) is 3.00. The number of imide groups is 1. The number of nitrogens with zero attached hydrogens (tertiary/aromatic N) is 1. The minimum absolute atomic E-state index is 0.0865. The average molecular weight is 477 g/mol. The minimum Gasteiger partial charge on any atom is -0.494 e. The van der Waals surface area contributed by atoms with Crippen molar-refractivity contribution in [3.8, 4) is 5.75 Å². The Morgan fingerprint density at radius 2 is 1.86 bits per heavy atom. The van der Waals surface area contributed by atoms with Crippen LogP contribution in [0.5, 0.6) is 5.75 Å². The molecule has 0 spiro atoms. The van der Waals surface area contributed by atoms with Gasteiger partial charge in [-0.15, -0.1) is 11.8 Å². The summed E-state index contributed by atoms with van der Waals surface area (Å²) in [4.78, 5) is 38.4. The number of nitrogens with one attached hydrogen (secondary N) is 1. The van der Waals surface area contributed by atoms with Gasteiger partial charge >= 0.3 is 0 Å². The van der Waals surface area contributed by atoms with Crippen molar-refractivity contribution in [2.24, 2.45) is 0 Å². The predicted molar refractivity (Wildman–Crippen MR) is 118 cm³/mol. The van der Waals surface area contributed by atoms with Crippen LogP contribution < -0.4 is 15.0 Å². The van der Waals surface area contributed by atoms with Crippen molar-refractivity contribution in [3.05, 3.63) is 53.0 Å². The van der Waals surface area contributed by atoms with Gasteiger partial charge in [0.25, 0.3) is 0 Å². The number of carbonyl (C=O) groups is 3. The SMILES string of the molecule is CCCOc1ccc(N2C(=O)C[C@H](SCC(=O)Nc3ccc(Br)cc3)C2=O)cc1. The van der Waals surface area contributed by atoms with Gasteiger partial charge in [-0.3, -0.25) is 14.4 Å². The zero-order chi connectivity index (χ0) is 20.8. The summed E-state index contributed by atoms with van der Waals surface area (Å²) in [5.41, 5.74) is 1.20. The van der Waals surface area contributed by atoms with E-state index in [-0.39, 0.29) is 29.9 Å². The van der Waals surface area contributed by atoms with Crippen LogP contribution in [0.3, 0.4) is 0 Å². The fourth-order valence-corrected chi connectivity index (χ4v) is 4.02. The first-order chi connectivity index (χ1) is 14.0. The lowest BCUT2D eigenvalue weighted by molar-refractivity contribution is -0.121. The summed E-state index contributed by atoms with van der Waals surface area (Å²) in [6.45, 7) is 2.63. The van der Waals surface area contributed by atoms with Gasteiger partial charge in [0.15, 0.2) is 0 Å². The van der Waals surface area contributed by atoms with Crippen LogP contribution in [0.4, 0.5) is 11.4 Å². The molecular formula is C21H21BrN2O4S. The largest absolute Gasteiger partial charge is 0.494 e. The molecule has 0 aliphatic carbocycles. The third kappa shape index (κ3) is 5.61. The molecule has 1 aliphatic rings. The fourth-order valence-electron chi connectivity index (χ4n) is 2.82. The molecule has 29 heavy (non-hydrogen) atoms. The van der Waals surface area contributed by atoms with E-state index in [4.69, 9.17) is 4.74 Å². The van der Waals surface area contributed by atoms with E-state index >= 15 is 0 Å². The Labute approximate surface area is 182 Å². The summed E-state index contributed by atoms with van der Waals surface area (Å²) in [5, 5.41) is 2.22. The molecule has 8 heteroatoms. The van der Waals surface area contributed by atoms with Crippen molar-refractivity contribution in [2.45, 2.75) is 25.0 Å². The van der Waals surface area contributed by atoms with Gasteiger partial charge in [0.05, 0.1) is 23.3 Å². The van der Waals surface area contributed by atoms with Gasteiger partial charge in [-0.25, -0.2) is 4.90 Å². The molecule has 3 rings (SSSR count). The molecule has 1 aliphatic heterocycles. The van der Waals surface area contributed by atoms with Crippen molar-refractivity contribution in [3.63, 3.8) is 0 Å². The number of carbonyl (C=O) groups excluding carboxylic acids is 3. The second kappa shape index (κ2) is 9.93. The molecule has 0 radical (unpaired) electrons. The van der Waals surface area contributed by atoms with E-state index in [1.165, 1.54) is 16.7 Å². The van der Waals surface area contributed by atoms with Crippen LogP contribution in [0.15, 0.2) is 53.0 Å². The Hall–Kier alpha value is -2.32. The number of anilines is 2. The van der Waals surface area contributed by atoms with Gasteiger partial charge in [0, 0.05) is 16.6 Å². The van der Waals surface area contributed by atoms with E-state index in [1.807, 2.05) is 19.1 Å². The highest BCUT2D eigenvalue weighted by atomic mass is 79.9. The number of ether oxygens (including phenoxy) is 1. The van der Waals surface area contributed by atoms with Crippen LogP contribution in [0.1, 0.15) is 19.8 Å². The van der Waals surface area contributed by atoms with Gasteiger partial charge in [0.2, 0.25) is 17.7 Å². The summed E-state index contributed by atoms with van der Waals surface area (Å²) >= 11 is 4.52. The van der Waals surface area contributed by atoms with Gasteiger partial charge in [-0.2, -0.15) is 0 Å². The van der Waals surface area contributed by atoms with E-state index in [2.05, 4.69) is 21.2 Å². The molecule has 1 saturated heterocycles. The van der Waals surface area contributed by atoms with E-state index in [0.717, 1.165) is 10.9 Å². The third-order valence-electron chi connectivity index (χ3n) is 4.22. The number of benzene rings is 2. The maximum atomic E-state index is 12.7. The topological polar surface area (TPSA) is 75.7 Å². The number of thioether (sulfide) groups is 1. The lowest BCUT2D eigenvalue weighted by atomic mass is 10.3. The molecule has 0 aromatic heterocycles. The Balaban J connectivity index is 1.55. The van der Waals surface area contributed by atoms with Gasteiger partial charge in [-0.05, 0) is 55.0 Å². The molecule has 2 aromatic rings. The standard InChI is InChI=1S/C21H21BrN2O4S/c1-2-11-28-17-9-7-16(8-10-17)24-20(26)12-18(21(24)27)29-13-19(25)23-15-5-3-14(22)4-6-15/h3-10,18H,2,11-13H2,1H3,(H,23,25)/t18-/m0/s1. The first-order valence-electron chi connectivity index (χ1n) is 9.24. The van der Waals surface area contributed by atoms with Crippen molar-refractivity contribution >= 4 is 56.8 Å². The summed E-state index contributed by atoms with van der Waals surface area (Å²) < 4.78 is 6.45. The Kier molecular flexibility index (Phi) is 7.33. The van der Waals surface area contributed by atoms with Crippen LogP contribution in [0.25, 0.3) is 0 Å². The molecule has 0 saturated carbocycles. The van der Waals surface area contributed by atoms with Gasteiger partial charge < -0.3 is 10.1 Å². The number of hydrogen-bond acceptors (Lipinski definition) is 5. The molecule has 1 fully saturated rings. The predicted octanol–water partition coefficient (Wildman–Crippen LogP) is 4.24. The molecule has 0 bridgehead atoms. The van der Waals surface area contributed by atoms with Crippen LogP contribution in [0.2, 0.25) is 0 Å². The Morgan fingerprint density at radius 1 is 1.17 bits per heavy atom. The molecule has 2 aromatic carbocycles. The van der Waals surface area contributed by atoms with E-state index < -0.39 is 5.25 Å². The number of halogens is 1. The quantitative estimate of drug-likeness (QED) is 0.576. The van der Waals surface area contributed by atoms with Crippen LogP contribution in [-0.4, -0.2) is 35.3 Å². The lowest BCUT2D eigenvalue weighted by Crippen LogP contribution is -2.31. The molecule has 1 N–H and O–H groups in total. The van der Waals surface area contributed by atoms with E-state index in [9.17, 15) is 14.4 Å². The molecular weight excluding hydrogens is 456 g/mol. The molecule has 1 atom stereocenters. The molecule has 152 valence electrons. The summed E-state index contributed by atoms with van der Waals surface area (Å²) in [7, 11) is 0. The third-order valence-corrected chi connectivity index (χ3v) is 5.94. The normalized spacial score (nSPS) is 16.2. The van der Waals surface area contributed by atoms with Crippen molar-refractivity contribution < 1.29 is 19.1 Å². The zero-order valence-electron chi connectivity index (χ0n) is 15.9. The van der Waals surface area contributed by atoms with Gasteiger partial charge in [-0.1, -0.05) is 22.9 Å². The maximum Gasteiger partial charge on any atom is 0.247 e. The summed E-state index contributed by atoms with van der Waals surface area (Å²) in [6, 6.07) is 14.1. The molecule has 3 amide bonds. The van der Waals surface area contributed by atoms with Crippen LogP contribution in [0, 0.1) is 0 Å². The second-order valence-electron chi connectivity index (χ2n) is 6.47. The highest BCUT2D eigenvalue weighted by Crippen LogP contribution is 2.30. The first kappa shape index (κ1) is 21.4. The fraction of sp³-hybridized carbons (Fsp3) is 0.286. The number of hydrogen-bond donors (Lipinski definition) is 1. The summed E-state index contributed by atoms with van der Waals surface area (Å²) in [6.07, 6.45) is 0.988. The Bertz CT molecular complexity index is 887. The highest BCUT2D eigenvalue weighted by Gasteiger charge is 2.40. The van der Waals surface area contributed by atoms with E-state index in [0.29, 0.717) is 23.7 Å². The number of rotatable bonds is 8. The Morgan fingerprint density at radius 3 is 2.52 bits per heavy atom. The second-order valence-corrected chi connectivity index (χ2v) is 8.58. The molecule has 6 nitrogen and oxygen atoms in total. The monoisotopic (exact) mass is 476 g/mol. The zero-order valence-corrected chi connectivity index (χ0v) is 18.3. The van der Waals surface area contributed by atoms with Crippen molar-refractivity contribution in [1.82, 2.24) is 0 Å². The van der Waals surface area contributed by atoms with Crippen molar-refractivity contribution in [2.75, 3.05) is 22.6 Å². The van der Waals surface area contributed by atoms with Crippen LogP contribution in [-0.2, 0) is 14.4 Å². The lowest BCUT2D eigenvalue weighted by Gasteiger charge is -2.15. The minimum atomic E-state index is -0.561. The smallest absolute Gasteiger partial charge is 0.247 e. The summed E-state index contributed by atoms with van der Waals surface area (Å²) in [5.74, 6) is 0.0255. The van der Waals surface area contributed by atoms with E-state index in [1.54, 1.807) is 36.4 Å². The maximum absolute atomic E-state index is 12.7. The molecule has 0 unspecified atom stereocenters. The van der Waals surface area contributed by atoms with Gasteiger partial charge in [0.1, 0.15) is 5.75 Å². The first-order valence-corrected chi connectivity index (χ1v) is 11.1. The van der Waals surface area contributed by atoms with Crippen molar-refractivity contribution in [1.29, 1.82) is 0 Å². The highest BCUT2D eigenvalue weighted by molar-refractivity contribution is 9.10. The number of amides is 3.